The number of carbonyl (C=O) groups is 3. The molecule has 2 aromatic rings. The van der Waals surface area contributed by atoms with Crippen LogP contribution in [0, 0.1) is 0 Å². The van der Waals surface area contributed by atoms with E-state index in [0.29, 0.717) is 15.8 Å². The standard InChI is InChI=1S/C22H24ClF3N4O4S/c1-3-29(2)16(11-27-21(33)17-6-7-18(23)35-17)20(32)28-15-5-4-13(10-14(15)22(24,25)26)30-8-9-34-12-19(30)31/h4-7,10,16H,3,8-9,11-12H2,1-2H3,(H,27,33)(H,28,32)/t16-/m0/s1. The number of rotatable bonds is 8. The second-order valence-corrected chi connectivity index (χ2v) is 9.43. The van der Waals surface area contributed by atoms with Crippen LogP contribution in [0.3, 0.4) is 0 Å². The zero-order valence-corrected chi connectivity index (χ0v) is 20.5. The summed E-state index contributed by atoms with van der Waals surface area (Å²) in [5.41, 5.74) is -1.47. The van der Waals surface area contributed by atoms with Crippen LogP contribution in [-0.2, 0) is 20.5 Å². The molecule has 0 bridgehead atoms. The number of halogens is 4. The average molecular weight is 533 g/mol. The van der Waals surface area contributed by atoms with Crippen LogP contribution in [0.25, 0.3) is 0 Å². The number of hydrogen-bond donors (Lipinski definition) is 2. The Morgan fingerprint density at radius 1 is 1.29 bits per heavy atom. The average Bonchev–Trinajstić information content (AvgIpc) is 3.25. The SMILES string of the molecule is CCN(C)[C@@H](CNC(=O)c1ccc(Cl)s1)C(=O)Nc1ccc(N2CCOCC2=O)cc1C(F)(F)F. The van der Waals surface area contributed by atoms with Gasteiger partial charge in [-0.05, 0) is 43.9 Å². The highest BCUT2D eigenvalue weighted by molar-refractivity contribution is 7.18. The molecule has 0 saturated carbocycles. The molecule has 1 aliphatic rings. The van der Waals surface area contributed by atoms with Gasteiger partial charge in [-0.3, -0.25) is 19.3 Å². The molecule has 1 aromatic carbocycles. The van der Waals surface area contributed by atoms with Crippen molar-refractivity contribution in [3.8, 4) is 0 Å². The quantitative estimate of drug-likeness (QED) is 0.543. The van der Waals surface area contributed by atoms with Crippen molar-refractivity contribution >= 4 is 52.0 Å². The molecule has 3 rings (SSSR count). The predicted molar refractivity (Wildman–Crippen MR) is 127 cm³/mol. The molecule has 35 heavy (non-hydrogen) atoms. The summed E-state index contributed by atoms with van der Waals surface area (Å²) in [6.45, 7) is 2.17. The monoisotopic (exact) mass is 532 g/mol. The van der Waals surface area contributed by atoms with Crippen molar-refractivity contribution in [1.82, 2.24) is 10.2 Å². The number of amides is 3. The van der Waals surface area contributed by atoms with Gasteiger partial charge in [0.15, 0.2) is 0 Å². The van der Waals surface area contributed by atoms with Gasteiger partial charge in [-0.15, -0.1) is 11.3 Å². The maximum Gasteiger partial charge on any atom is 0.418 e. The summed E-state index contributed by atoms with van der Waals surface area (Å²) in [5.74, 6) is -1.62. The summed E-state index contributed by atoms with van der Waals surface area (Å²) in [6, 6.07) is 5.46. The number of alkyl halides is 3. The Balaban J connectivity index is 1.80. The van der Waals surface area contributed by atoms with Crippen LogP contribution in [0.1, 0.15) is 22.2 Å². The number of nitrogens with zero attached hydrogens (tertiary/aromatic N) is 2. The third-order valence-electron chi connectivity index (χ3n) is 5.45. The molecule has 8 nitrogen and oxygen atoms in total. The number of carbonyl (C=O) groups excluding carboxylic acids is 3. The minimum Gasteiger partial charge on any atom is -0.370 e. The molecule has 2 N–H and O–H groups in total. The van der Waals surface area contributed by atoms with Gasteiger partial charge in [0.1, 0.15) is 12.6 Å². The van der Waals surface area contributed by atoms with Crippen molar-refractivity contribution in [1.29, 1.82) is 0 Å². The van der Waals surface area contributed by atoms with Crippen LogP contribution in [0.2, 0.25) is 4.34 Å². The Morgan fingerprint density at radius 2 is 2.03 bits per heavy atom. The van der Waals surface area contributed by atoms with E-state index in [4.69, 9.17) is 16.3 Å². The first-order chi connectivity index (χ1) is 16.5. The molecule has 13 heteroatoms. The molecule has 1 atom stereocenters. The number of thiophene rings is 1. The summed E-state index contributed by atoms with van der Waals surface area (Å²) in [5, 5.41) is 4.97. The molecule has 1 fully saturated rings. The van der Waals surface area contributed by atoms with E-state index < -0.39 is 41.2 Å². The number of nitrogens with one attached hydrogen (secondary N) is 2. The van der Waals surface area contributed by atoms with Crippen LogP contribution < -0.4 is 15.5 Å². The highest BCUT2D eigenvalue weighted by Crippen LogP contribution is 2.37. The first kappa shape index (κ1) is 26.9. The fourth-order valence-electron chi connectivity index (χ4n) is 3.43. The molecule has 0 spiro atoms. The lowest BCUT2D eigenvalue weighted by Gasteiger charge is -2.29. The van der Waals surface area contributed by atoms with Crippen LogP contribution in [0.15, 0.2) is 30.3 Å². The van der Waals surface area contributed by atoms with Crippen LogP contribution in [-0.4, -0.2) is 68.6 Å². The number of anilines is 2. The summed E-state index contributed by atoms with van der Waals surface area (Å²) >= 11 is 6.92. The molecule has 0 unspecified atom stereocenters. The maximum absolute atomic E-state index is 13.9. The largest absolute Gasteiger partial charge is 0.418 e. The van der Waals surface area contributed by atoms with Gasteiger partial charge in [0.2, 0.25) is 5.91 Å². The lowest BCUT2D eigenvalue weighted by molar-refractivity contribution is -0.137. The Morgan fingerprint density at radius 3 is 2.63 bits per heavy atom. The van der Waals surface area contributed by atoms with Crippen LogP contribution in [0.4, 0.5) is 24.5 Å². The van der Waals surface area contributed by atoms with E-state index in [1.807, 2.05) is 0 Å². The highest BCUT2D eigenvalue weighted by atomic mass is 35.5. The fourth-order valence-corrected chi connectivity index (χ4v) is 4.39. The Bertz CT molecular complexity index is 1090. The topological polar surface area (TPSA) is 91.0 Å². The third-order valence-corrected chi connectivity index (χ3v) is 6.68. The van der Waals surface area contributed by atoms with E-state index in [-0.39, 0.29) is 32.0 Å². The van der Waals surface area contributed by atoms with E-state index in [9.17, 15) is 27.6 Å². The smallest absolute Gasteiger partial charge is 0.370 e. The summed E-state index contributed by atoms with van der Waals surface area (Å²) in [6.07, 6.45) is -4.78. The maximum atomic E-state index is 13.9. The summed E-state index contributed by atoms with van der Waals surface area (Å²) in [4.78, 5) is 40.6. The lowest BCUT2D eigenvalue weighted by atomic mass is 10.1. The van der Waals surface area contributed by atoms with E-state index in [1.165, 1.54) is 17.0 Å². The van der Waals surface area contributed by atoms with E-state index in [1.54, 1.807) is 24.9 Å². The van der Waals surface area contributed by atoms with Gasteiger partial charge in [0.25, 0.3) is 11.8 Å². The van der Waals surface area contributed by atoms with E-state index >= 15 is 0 Å². The second kappa shape index (κ2) is 11.4. The Hall–Kier alpha value is -2.67. The zero-order chi connectivity index (χ0) is 25.8. The first-order valence-electron chi connectivity index (χ1n) is 10.6. The molecule has 1 aliphatic heterocycles. The van der Waals surface area contributed by atoms with Gasteiger partial charge in [-0.1, -0.05) is 18.5 Å². The number of benzene rings is 1. The van der Waals surface area contributed by atoms with Crippen molar-refractivity contribution in [3.05, 3.63) is 45.1 Å². The number of likely N-dealkylation sites (N-methyl/N-ethyl adjacent to an activating group) is 1. The number of ether oxygens (including phenoxy) is 1. The fraction of sp³-hybridized carbons (Fsp3) is 0.409. The minimum atomic E-state index is -4.78. The van der Waals surface area contributed by atoms with Crippen molar-refractivity contribution in [2.75, 3.05) is 50.1 Å². The van der Waals surface area contributed by atoms with Crippen LogP contribution in [0.5, 0.6) is 0 Å². The van der Waals surface area contributed by atoms with Gasteiger partial charge in [0.05, 0.1) is 27.1 Å². The lowest BCUT2D eigenvalue weighted by Crippen LogP contribution is -2.49. The molecule has 3 amide bonds. The summed E-state index contributed by atoms with van der Waals surface area (Å²) in [7, 11) is 1.62. The van der Waals surface area contributed by atoms with Crippen molar-refractivity contribution in [2.24, 2.45) is 0 Å². The van der Waals surface area contributed by atoms with Gasteiger partial charge < -0.3 is 20.3 Å². The van der Waals surface area contributed by atoms with Gasteiger partial charge in [-0.2, -0.15) is 13.2 Å². The minimum absolute atomic E-state index is 0.0627. The van der Waals surface area contributed by atoms with Crippen LogP contribution >= 0.6 is 22.9 Å². The molecule has 1 saturated heterocycles. The van der Waals surface area contributed by atoms with Crippen molar-refractivity contribution in [3.63, 3.8) is 0 Å². The Kier molecular flexibility index (Phi) is 8.75. The second-order valence-electron chi connectivity index (χ2n) is 7.72. The molecular weight excluding hydrogens is 509 g/mol. The van der Waals surface area contributed by atoms with Crippen molar-refractivity contribution in [2.45, 2.75) is 19.1 Å². The number of morpholine rings is 1. The zero-order valence-electron chi connectivity index (χ0n) is 18.9. The molecule has 1 aromatic heterocycles. The molecule has 190 valence electrons. The van der Waals surface area contributed by atoms with E-state index in [2.05, 4.69) is 10.6 Å². The van der Waals surface area contributed by atoms with Gasteiger partial charge >= 0.3 is 6.18 Å². The third kappa shape index (κ3) is 6.72. The first-order valence-corrected chi connectivity index (χ1v) is 11.8. The molecule has 0 radical (unpaired) electrons. The Labute approximate surface area is 209 Å². The summed E-state index contributed by atoms with van der Waals surface area (Å²) < 4.78 is 47.0. The normalized spacial score (nSPS) is 15.3. The molecular formula is C22H24ClF3N4O4S. The van der Waals surface area contributed by atoms with E-state index in [0.717, 1.165) is 23.5 Å². The number of hydrogen-bond acceptors (Lipinski definition) is 6. The highest BCUT2D eigenvalue weighted by Gasteiger charge is 2.36. The van der Waals surface area contributed by atoms with Crippen molar-refractivity contribution < 1.29 is 32.3 Å². The molecule has 0 aliphatic carbocycles. The predicted octanol–water partition coefficient (Wildman–Crippen LogP) is 3.47. The molecule has 2 heterocycles. The van der Waals surface area contributed by atoms with Gasteiger partial charge in [-0.25, -0.2) is 0 Å². The van der Waals surface area contributed by atoms with Gasteiger partial charge in [0, 0.05) is 18.8 Å².